The second-order valence-corrected chi connectivity index (χ2v) is 29.4. The van der Waals surface area contributed by atoms with Crippen LogP contribution in [0.4, 0.5) is 9.59 Å². The fourth-order valence-electron chi connectivity index (χ4n) is 4.31. The number of aliphatic carboxylic acids is 1. The van der Waals surface area contributed by atoms with Crippen LogP contribution in [0.25, 0.3) is 0 Å². The summed E-state index contributed by atoms with van der Waals surface area (Å²) in [6.07, 6.45) is -0.268. The number of carbonyl (C=O) groups is 4. The van der Waals surface area contributed by atoms with E-state index in [1.54, 1.807) is 55.4 Å². The summed E-state index contributed by atoms with van der Waals surface area (Å²) in [6, 6.07) is -0.702. The summed E-state index contributed by atoms with van der Waals surface area (Å²) < 4.78 is 23.2. The maximum absolute atomic E-state index is 12.7. The van der Waals surface area contributed by atoms with Gasteiger partial charge in [0.15, 0.2) is 16.6 Å². The molecule has 0 saturated carbocycles. The van der Waals surface area contributed by atoms with Crippen molar-refractivity contribution in [2.24, 2.45) is 10.8 Å². The smallest absolute Gasteiger partial charge is 0.870 e. The first-order valence-electron chi connectivity index (χ1n) is 17.4. The average Bonchev–Trinajstić information content (AvgIpc) is 3.05. The molecular formula is C36H77LiN2O10S2Si2. The van der Waals surface area contributed by atoms with Crippen LogP contribution in [0.15, 0.2) is 0 Å². The molecule has 1 aliphatic heterocycles. The van der Waals surface area contributed by atoms with Gasteiger partial charge in [0.2, 0.25) is 5.91 Å². The maximum atomic E-state index is 12.7. The van der Waals surface area contributed by atoms with Gasteiger partial charge in [0.1, 0.15) is 11.2 Å². The third-order valence-corrected chi connectivity index (χ3v) is 18.5. The molecule has 0 unspecified atom stereocenters. The SMILES string of the molecule is CC(C)(C)OC(=O)N1C(=O)C(C)(C)C[C@H]1CO[Si](C)(C)C(C)(C)C.CC(C)(C)OC(=O)N[C@H](CO[Si](C)(C)C(C)(C)C)CC(C)(C)C(=O)O.S.S.[Li+].[OH-]. The maximum Gasteiger partial charge on any atom is 1.00 e. The Hall–Kier alpha value is -0.709. The van der Waals surface area contributed by atoms with Gasteiger partial charge in [0.05, 0.1) is 30.7 Å². The van der Waals surface area contributed by atoms with Gasteiger partial charge in [-0.2, -0.15) is 27.0 Å². The van der Waals surface area contributed by atoms with Crippen molar-refractivity contribution in [1.82, 2.24) is 10.2 Å². The minimum Gasteiger partial charge on any atom is -0.870 e. The quantitative estimate of drug-likeness (QED) is 0.248. The summed E-state index contributed by atoms with van der Waals surface area (Å²) in [7, 11) is -3.95. The Labute approximate surface area is 350 Å². The van der Waals surface area contributed by atoms with Crippen molar-refractivity contribution in [3.63, 3.8) is 0 Å². The van der Waals surface area contributed by atoms with Gasteiger partial charge in [-0.05, 0) is 104 Å². The van der Waals surface area contributed by atoms with E-state index in [0.29, 0.717) is 13.0 Å². The Morgan fingerprint density at radius 2 is 1.21 bits per heavy atom. The minimum absolute atomic E-state index is 0. The van der Waals surface area contributed by atoms with Gasteiger partial charge in [-0.3, -0.25) is 9.59 Å². The van der Waals surface area contributed by atoms with Gasteiger partial charge < -0.3 is 34.2 Å². The van der Waals surface area contributed by atoms with Crippen LogP contribution >= 0.6 is 27.0 Å². The standard InChI is InChI=1S/C18H37NO5Si.C18H35NO4Si.Li.H2O.2H2S/c1-16(2,3)24-15(22)19-13(11-18(7,8)14(20)21)12-23-25(9,10)17(4,5)6;1-16(2,3)23-15(21)19-13(11-18(7,8)14(19)20)12-22-24(9,10)17(4,5)6;;;;/h13H,11-12H2,1-10H3,(H,19,22)(H,20,21);13H,11-12H2,1-10H3;;3*1H2/q;;+1;;;/p-1/t2*13-;;;;/m00..../s1. The van der Waals surface area contributed by atoms with E-state index < -0.39 is 62.9 Å². The van der Waals surface area contributed by atoms with Crippen LogP contribution in [0, 0.1) is 10.8 Å². The zero-order valence-corrected chi connectivity index (χ0v) is 41.1. The number of carbonyl (C=O) groups excluding carboxylic acids is 3. The van der Waals surface area contributed by atoms with E-state index in [9.17, 15) is 24.3 Å². The molecule has 0 bridgehead atoms. The second-order valence-electron chi connectivity index (χ2n) is 19.8. The molecule has 0 spiro atoms. The molecular weight excluding hydrogens is 748 g/mol. The van der Waals surface area contributed by atoms with Crippen LogP contribution in [-0.2, 0) is 27.9 Å². The average molecular weight is 825 g/mol. The molecule has 0 aromatic heterocycles. The van der Waals surface area contributed by atoms with E-state index in [-0.39, 0.29) is 86.4 Å². The van der Waals surface area contributed by atoms with Crippen LogP contribution in [0.2, 0.25) is 36.3 Å². The third kappa shape index (κ3) is 20.9. The monoisotopic (exact) mass is 824 g/mol. The number of imide groups is 1. The van der Waals surface area contributed by atoms with Crippen LogP contribution in [-0.4, -0.2) is 92.7 Å². The van der Waals surface area contributed by atoms with Crippen molar-refractivity contribution >= 4 is 67.7 Å². The number of rotatable bonds is 10. The zero-order valence-electron chi connectivity index (χ0n) is 37.1. The number of amides is 3. The van der Waals surface area contributed by atoms with Crippen molar-refractivity contribution in [3.05, 3.63) is 0 Å². The molecule has 12 nitrogen and oxygen atoms in total. The molecule has 2 atom stereocenters. The van der Waals surface area contributed by atoms with E-state index in [1.165, 1.54) is 4.90 Å². The molecule has 312 valence electrons. The molecule has 0 aromatic carbocycles. The topological polar surface area (TPSA) is 171 Å². The zero-order chi connectivity index (χ0) is 39.4. The number of nitrogens with zero attached hydrogens (tertiary/aromatic N) is 1. The summed E-state index contributed by atoms with van der Waals surface area (Å²) in [4.78, 5) is 50.0. The molecule has 1 saturated heterocycles. The summed E-state index contributed by atoms with van der Waals surface area (Å²) in [6.45, 7) is 40.0. The first-order chi connectivity index (χ1) is 21.4. The molecule has 1 fully saturated rings. The molecule has 3 N–H and O–H groups in total. The molecule has 1 aliphatic rings. The molecule has 1 rings (SSSR count). The number of likely N-dealkylation sites (tertiary alicyclic amines) is 1. The van der Waals surface area contributed by atoms with E-state index in [4.69, 9.17) is 18.3 Å². The van der Waals surface area contributed by atoms with Crippen molar-refractivity contribution in [3.8, 4) is 0 Å². The largest absolute Gasteiger partial charge is 1.00 e. The van der Waals surface area contributed by atoms with E-state index in [0.717, 1.165) is 0 Å². The minimum atomic E-state index is -2.01. The molecule has 17 heteroatoms. The first-order valence-corrected chi connectivity index (χ1v) is 23.2. The predicted molar refractivity (Wildman–Crippen MR) is 223 cm³/mol. The number of hydrogen-bond acceptors (Lipinski definition) is 9. The third-order valence-electron chi connectivity index (χ3n) is 9.45. The number of carboxylic acids is 1. The van der Waals surface area contributed by atoms with Crippen LogP contribution in [0.5, 0.6) is 0 Å². The van der Waals surface area contributed by atoms with Crippen molar-refractivity contribution in [2.75, 3.05) is 13.2 Å². The first kappa shape index (κ1) is 61.5. The molecule has 53 heavy (non-hydrogen) atoms. The summed E-state index contributed by atoms with van der Waals surface area (Å²) in [5.74, 6) is -1.09. The van der Waals surface area contributed by atoms with Gasteiger partial charge in [0.25, 0.3) is 0 Å². The van der Waals surface area contributed by atoms with Crippen LogP contribution < -0.4 is 24.2 Å². The van der Waals surface area contributed by atoms with Crippen molar-refractivity contribution in [1.29, 1.82) is 0 Å². The Morgan fingerprint density at radius 1 is 0.811 bits per heavy atom. The Morgan fingerprint density at radius 3 is 1.57 bits per heavy atom. The predicted octanol–water partition coefficient (Wildman–Crippen LogP) is 6.03. The number of hydrogen-bond donors (Lipinski definition) is 2. The van der Waals surface area contributed by atoms with Gasteiger partial charge in [-0.25, -0.2) is 14.5 Å². The van der Waals surface area contributed by atoms with Crippen LogP contribution in [0.3, 0.4) is 0 Å². The summed E-state index contributed by atoms with van der Waals surface area (Å²) >= 11 is 0. The molecule has 1 heterocycles. The Kier molecular flexibility index (Phi) is 25.2. The fraction of sp³-hybridized carbons (Fsp3) is 0.889. The molecule has 3 amide bonds. The summed E-state index contributed by atoms with van der Waals surface area (Å²) in [5, 5.41) is 12.3. The van der Waals surface area contributed by atoms with E-state index in [2.05, 4.69) is 73.0 Å². The van der Waals surface area contributed by atoms with E-state index in [1.807, 2.05) is 13.8 Å². The van der Waals surface area contributed by atoms with Crippen LogP contribution in [0.1, 0.15) is 124 Å². The Balaban J connectivity index is -0.000000270. The number of carboxylic acid groups (broad SMARTS) is 1. The van der Waals surface area contributed by atoms with E-state index >= 15 is 0 Å². The van der Waals surface area contributed by atoms with Gasteiger partial charge in [-0.1, -0.05) is 55.4 Å². The molecule has 0 aliphatic carbocycles. The van der Waals surface area contributed by atoms with Crippen molar-refractivity contribution in [2.45, 2.75) is 183 Å². The normalized spacial score (nSPS) is 16.9. The van der Waals surface area contributed by atoms with Gasteiger partial charge in [0, 0.05) is 5.41 Å². The molecule has 0 radical (unpaired) electrons. The second kappa shape index (κ2) is 21.7. The summed E-state index contributed by atoms with van der Waals surface area (Å²) in [5.41, 5.74) is -2.79. The molecule has 0 aromatic rings. The fourth-order valence-corrected chi connectivity index (χ4v) is 6.40. The Bertz CT molecular complexity index is 1180. The van der Waals surface area contributed by atoms with Gasteiger partial charge in [-0.15, -0.1) is 0 Å². The van der Waals surface area contributed by atoms with Crippen molar-refractivity contribution < 1.29 is 66.9 Å². The number of alkyl carbamates (subject to hydrolysis) is 1. The van der Waals surface area contributed by atoms with Gasteiger partial charge >= 0.3 is 37.0 Å². The number of nitrogens with one attached hydrogen (secondary N) is 1. The number of ether oxygens (including phenoxy) is 2.